The Kier molecular flexibility index (Phi) is 4.03. The van der Waals surface area contributed by atoms with Gasteiger partial charge in [0, 0.05) is 18.2 Å². The highest BCUT2D eigenvalue weighted by atomic mass is 16.5. The Morgan fingerprint density at radius 2 is 1.62 bits per heavy atom. The summed E-state index contributed by atoms with van der Waals surface area (Å²) in [5.74, 6) is 0.771. The topological polar surface area (TPSA) is 77.4 Å². The molecule has 2 atom stereocenters. The van der Waals surface area contributed by atoms with Gasteiger partial charge in [0.15, 0.2) is 17.1 Å². The zero-order chi connectivity index (χ0) is 17.5. The van der Waals surface area contributed by atoms with Crippen molar-refractivity contribution in [3.63, 3.8) is 0 Å². The molecule has 0 saturated carbocycles. The molecule has 0 spiro atoms. The van der Waals surface area contributed by atoms with Gasteiger partial charge in [0.2, 0.25) is 5.75 Å². The van der Waals surface area contributed by atoms with Crippen LogP contribution in [0.5, 0.6) is 23.0 Å². The van der Waals surface area contributed by atoms with E-state index in [1.807, 2.05) is 6.07 Å². The Morgan fingerprint density at radius 1 is 0.958 bits per heavy atom. The molecule has 0 aliphatic heterocycles. The smallest absolute Gasteiger partial charge is 0.201 e. The molecule has 128 valence electrons. The van der Waals surface area contributed by atoms with E-state index in [1.165, 1.54) is 28.4 Å². The third kappa shape index (κ3) is 1.96. The van der Waals surface area contributed by atoms with Crippen LogP contribution in [0, 0.1) is 0 Å². The first-order valence-corrected chi connectivity index (χ1v) is 7.41. The second kappa shape index (κ2) is 5.89. The highest BCUT2D eigenvalue weighted by Crippen LogP contribution is 2.62. The number of hydrogen-bond acceptors (Lipinski definition) is 6. The average Bonchev–Trinajstić information content (AvgIpc) is 2.61. The maximum absolute atomic E-state index is 11.5. The molecule has 3 rings (SSSR count). The molecule has 6 nitrogen and oxygen atoms in total. The van der Waals surface area contributed by atoms with E-state index in [1.54, 1.807) is 24.3 Å². The van der Waals surface area contributed by atoms with Crippen molar-refractivity contribution in [2.75, 3.05) is 28.4 Å². The first kappa shape index (κ1) is 16.4. The maximum atomic E-state index is 11.5. The molecule has 2 aromatic carbocycles. The van der Waals surface area contributed by atoms with Gasteiger partial charge >= 0.3 is 0 Å². The fourth-order valence-electron chi connectivity index (χ4n) is 3.41. The fraction of sp³-hybridized carbons (Fsp3) is 0.333. The lowest BCUT2D eigenvalue weighted by Gasteiger charge is -2.47. The van der Waals surface area contributed by atoms with Crippen LogP contribution >= 0.6 is 0 Å². The number of aromatic hydroxyl groups is 1. The van der Waals surface area contributed by atoms with Crippen molar-refractivity contribution in [3.05, 3.63) is 47.0 Å². The van der Waals surface area contributed by atoms with Gasteiger partial charge in [0.05, 0.1) is 21.3 Å². The van der Waals surface area contributed by atoms with Gasteiger partial charge in [-0.05, 0) is 17.7 Å². The van der Waals surface area contributed by atoms with E-state index < -0.39 is 11.7 Å². The number of benzene rings is 2. The summed E-state index contributed by atoms with van der Waals surface area (Å²) in [6.45, 7) is 0. The molecule has 1 aliphatic rings. The van der Waals surface area contributed by atoms with Crippen LogP contribution in [0.2, 0.25) is 0 Å². The molecule has 2 aromatic rings. The number of para-hydroxylation sites is 1. The van der Waals surface area contributed by atoms with E-state index >= 15 is 0 Å². The summed E-state index contributed by atoms with van der Waals surface area (Å²) in [5.41, 5.74) is 0.165. The molecule has 0 aromatic heterocycles. The van der Waals surface area contributed by atoms with Crippen molar-refractivity contribution in [3.8, 4) is 23.0 Å². The Balaban J connectivity index is 2.30. The summed E-state index contributed by atoms with van der Waals surface area (Å²) < 4.78 is 21.4. The first-order valence-electron chi connectivity index (χ1n) is 7.41. The summed E-state index contributed by atoms with van der Waals surface area (Å²) in [7, 11) is 5.93. The zero-order valence-electron chi connectivity index (χ0n) is 14.0. The van der Waals surface area contributed by atoms with Crippen LogP contribution in [0.25, 0.3) is 0 Å². The molecule has 2 N–H and O–H groups in total. The Bertz CT molecular complexity index is 772. The number of phenols is 1. The van der Waals surface area contributed by atoms with E-state index in [9.17, 15) is 10.2 Å². The van der Waals surface area contributed by atoms with Crippen molar-refractivity contribution in [1.82, 2.24) is 0 Å². The second-order valence-corrected chi connectivity index (χ2v) is 5.51. The minimum atomic E-state index is -1.51. The van der Waals surface area contributed by atoms with Crippen molar-refractivity contribution in [2.24, 2.45) is 0 Å². The number of rotatable bonds is 5. The van der Waals surface area contributed by atoms with Crippen LogP contribution in [-0.2, 0) is 10.3 Å². The van der Waals surface area contributed by atoms with E-state index in [4.69, 9.17) is 18.9 Å². The molecule has 0 saturated heterocycles. The van der Waals surface area contributed by atoms with Crippen LogP contribution in [-0.4, -0.2) is 38.7 Å². The molecule has 0 bridgehead atoms. The standard InChI is InChI=1S/C18H20O6/c1-21-12-8-6-5-7-11(12)18(20)14-10(17(18)24-4)9-13(22-2)15(19)16(14)23-3/h5-9,17,19-20H,1-4H3/t17-,18-/m1/s1. The lowest BCUT2D eigenvalue weighted by atomic mass is 9.66. The van der Waals surface area contributed by atoms with Gasteiger partial charge in [-0.3, -0.25) is 0 Å². The normalized spacial score (nSPS) is 21.6. The van der Waals surface area contributed by atoms with Crippen molar-refractivity contribution in [2.45, 2.75) is 11.7 Å². The predicted octanol–water partition coefficient (Wildman–Crippen LogP) is 2.36. The molecule has 0 fully saturated rings. The number of methoxy groups -OCH3 is 4. The number of aliphatic hydroxyl groups is 1. The van der Waals surface area contributed by atoms with E-state index in [0.717, 1.165) is 0 Å². The molecule has 0 amide bonds. The van der Waals surface area contributed by atoms with Crippen molar-refractivity contribution < 1.29 is 29.2 Å². The number of hydrogen-bond donors (Lipinski definition) is 2. The van der Waals surface area contributed by atoms with E-state index in [-0.39, 0.29) is 17.2 Å². The van der Waals surface area contributed by atoms with Gasteiger partial charge < -0.3 is 29.2 Å². The van der Waals surface area contributed by atoms with Gasteiger partial charge in [-0.25, -0.2) is 0 Å². The number of ether oxygens (including phenoxy) is 4. The Labute approximate surface area is 140 Å². The largest absolute Gasteiger partial charge is 0.502 e. The fourth-order valence-corrected chi connectivity index (χ4v) is 3.41. The summed E-state index contributed by atoms with van der Waals surface area (Å²) >= 11 is 0. The first-order chi connectivity index (χ1) is 11.5. The molecule has 1 aliphatic carbocycles. The third-order valence-corrected chi connectivity index (χ3v) is 4.47. The lowest BCUT2D eigenvalue weighted by molar-refractivity contribution is -0.105. The van der Waals surface area contributed by atoms with Crippen LogP contribution in [0.3, 0.4) is 0 Å². The molecular formula is C18H20O6. The third-order valence-electron chi connectivity index (χ3n) is 4.47. The molecule has 0 radical (unpaired) electrons. The van der Waals surface area contributed by atoms with Crippen molar-refractivity contribution >= 4 is 0 Å². The number of fused-ring (bicyclic) bond motifs is 1. The van der Waals surface area contributed by atoms with Gasteiger partial charge in [0.25, 0.3) is 0 Å². The molecular weight excluding hydrogens is 312 g/mol. The average molecular weight is 332 g/mol. The Hall–Kier alpha value is -2.44. The summed E-state index contributed by atoms with van der Waals surface area (Å²) in [5, 5.41) is 21.8. The van der Waals surface area contributed by atoms with E-state index in [2.05, 4.69) is 0 Å². The number of phenolic OH excluding ortho intramolecular Hbond substituents is 1. The maximum Gasteiger partial charge on any atom is 0.201 e. The highest BCUT2D eigenvalue weighted by molar-refractivity contribution is 5.69. The Morgan fingerprint density at radius 3 is 2.21 bits per heavy atom. The monoisotopic (exact) mass is 332 g/mol. The highest BCUT2D eigenvalue weighted by Gasteiger charge is 2.57. The minimum Gasteiger partial charge on any atom is -0.502 e. The molecule has 6 heteroatoms. The van der Waals surface area contributed by atoms with E-state index in [0.29, 0.717) is 22.4 Å². The van der Waals surface area contributed by atoms with Gasteiger partial charge in [-0.1, -0.05) is 18.2 Å². The van der Waals surface area contributed by atoms with Crippen LogP contribution in [0.15, 0.2) is 30.3 Å². The van der Waals surface area contributed by atoms with Gasteiger partial charge in [-0.15, -0.1) is 0 Å². The van der Waals surface area contributed by atoms with Gasteiger partial charge in [0.1, 0.15) is 11.9 Å². The molecule has 24 heavy (non-hydrogen) atoms. The predicted molar refractivity (Wildman–Crippen MR) is 87.0 cm³/mol. The van der Waals surface area contributed by atoms with Crippen LogP contribution in [0.4, 0.5) is 0 Å². The SMILES string of the molecule is COc1ccccc1[C@@]1(O)c2c(cc(OC)c(O)c2OC)[C@H]1OC. The van der Waals surface area contributed by atoms with Gasteiger partial charge in [-0.2, -0.15) is 0 Å². The molecule has 0 unspecified atom stereocenters. The molecule has 0 heterocycles. The van der Waals surface area contributed by atoms with Crippen molar-refractivity contribution in [1.29, 1.82) is 0 Å². The van der Waals surface area contributed by atoms with Crippen LogP contribution < -0.4 is 14.2 Å². The second-order valence-electron chi connectivity index (χ2n) is 5.51. The summed E-state index contributed by atoms with van der Waals surface area (Å²) in [4.78, 5) is 0. The summed E-state index contributed by atoms with van der Waals surface area (Å²) in [6.07, 6.45) is -0.646. The summed E-state index contributed by atoms with van der Waals surface area (Å²) in [6, 6.07) is 8.78. The lowest BCUT2D eigenvalue weighted by Crippen LogP contribution is -2.46. The minimum absolute atomic E-state index is 0.158. The quantitative estimate of drug-likeness (QED) is 0.875. The van der Waals surface area contributed by atoms with Crippen LogP contribution in [0.1, 0.15) is 22.8 Å². The zero-order valence-corrected chi connectivity index (χ0v) is 14.0.